The molecule has 0 fully saturated rings. The molecule has 1 rings (SSSR count). The molecular formula is C16H27NO2S. The first-order valence-electron chi connectivity index (χ1n) is 7.52. The minimum Gasteiger partial charge on any atom is -0.284 e. The lowest BCUT2D eigenvalue weighted by Crippen LogP contribution is -2.16. The van der Waals surface area contributed by atoms with Gasteiger partial charge in [-0.3, -0.25) is 4.72 Å². The van der Waals surface area contributed by atoms with Gasteiger partial charge in [-0.25, -0.2) is 8.42 Å². The van der Waals surface area contributed by atoms with Gasteiger partial charge < -0.3 is 0 Å². The van der Waals surface area contributed by atoms with Crippen LogP contribution in [0.2, 0.25) is 0 Å². The summed E-state index contributed by atoms with van der Waals surface area (Å²) < 4.78 is 26.6. The number of benzene rings is 1. The van der Waals surface area contributed by atoms with E-state index in [9.17, 15) is 8.42 Å². The maximum Gasteiger partial charge on any atom is 0.232 e. The maximum atomic E-state index is 12.0. The number of anilines is 1. The molecule has 0 amide bonds. The van der Waals surface area contributed by atoms with Crippen LogP contribution in [-0.4, -0.2) is 14.2 Å². The Hall–Kier alpha value is -1.03. The summed E-state index contributed by atoms with van der Waals surface area (Å²) in [6, 6.07) is 5.65. The van der Waals surface area contributed by atoms with Crippen molar-refractivity contribution in [3.05, 3.63) is 29.3 Å². The molecule has 114 valence electrons. The van der Waals surface area contributed by atoms with Crippen LogP contribution in [0.15, 0.2) is 18.2 Å². The molecule has 20 heavy (non-hydrogen) atoms. The zero-order valence-corrected chi connectivity index (χ0v) is 13.7. The van der Waals surface area contributed by atoms with Crippen LogP contribution in [-0.2, 0) is 10.0 Å². The third kappa shape index (κ3) is 6.42. The van der Waals surface area contributed by atoms with Crippen molar-refractivity contribution in [2.24, 2.45) is 0 Å². The van der Waals surface area contributed by atoms with Gasteiger partial charge in [0.1, 0.15) is 0 Å². The molecule has 0 saturated carbocycles. The van der Waals surface area contributed by atoms with Crippen LogP contribution in [0.5, 0.6) is 0 Å². The van der Waals surface area contributed by atoms with Crippen molar-refractivity contribution in [2.75, 3.05) is 10.5 Å². The second-order valence-corrected chi connectivity index (χ2v) is 7.33. The predicted octanol–water partition coefficient (Wildman–Crippen LogP) is 4.41. The third-order valence-corrected chi connectivity index (χ3v) is 4.92. The van der Waals surface area contributed by atoms with Crippen LogP contribution < -0.4 is 4.72 Å². The molecule has 0 spiro atoms. The summed E-state index contributed by atoms with van der Waals surface area (Å²) in [6.07, 6.45) is 6.53. The Kier molecular flexibility index (Phi) is 7.06. The van der Waals surface area contributed by atoms with Crippen molar-refractivity contribution >= 4 is 15.7 Å². The average molecular weight is 297 g/mol. The highest BCUT2D eigenvalue weighted by atomic mass is 32.2. The zero-order chi connectivity index (χ0) is 15.0. The van der Waals surface area contributed by atoms with Crippen LogP contribution in [0, 0.1) is 13.8 Å². The molecule has 1 N–H and O–H groups in total. The molecule has 3 nitrogen and oxygen atoms in total. The summed E-state index contributed by atoms with van der Waals surface area (Å²) in [4.78, 5) is 0. The molecule has 0 aliphatic heterocycles. The van der Waals surface area contributed by atoms with Gasteiger partial charge in [0.25, 0.3) is 0 Å². The third-order valence-electron chi connectivity index (χ3n) is 3.55. The monoisotopic (exact) mass is 297 g/mol. The highest BCUT2D eigenvalue weighted by molar-refractivity contribution is 7.92. The lowest BCUT2D eigenvalue weighted by molar-refractivity contribution is 0.588. The predicted molar refractivity (Wildman–Crippen MR) is 86.7 cm³/mol. The number of aryl methyl sites for hydroxylation is 2. The van der Waals surface area contributed by atoms with Crippen molar-refractivity contribution in [1.82, 2.24) is 0 Å². The number of hydrogen-bond donors (Lipinski definition) is 1. The van der Waals surface area contributed by atoms with Crippen LogP contribution in [0.25, 0.3) is 0 Å². The van der Waals surface area contributed by atoms with Gasteiger partial charge in [-0.1, -0.05) is 45.1 Å². The summed E-state index contributed by atoms with van der Waals surface area (Å²) in [5.41, 5.74) is 2.94. The van der Waals surface area contributed by atoms with E-state index >= 15 is 0 Å². The lowest BCUT2D eigenvalue weighted by atomic mass is 10.1. The first kappa shape index (κ1) is 17.0. The molecule has 0 radical (unpaired) electrons. The van der Waals surface area contributed by atoms with E-state index in [0.717, 1.165) is 24.8 Å². The summed E-state index contributed by atoms with van der Waals surface area (Å²) in [5, 5.41) is 0. The Balaban J connectivity index is 2.39. The Morgan fingerprint density at radius 2 is 1.60 bits per heavy atom. The quantitative estimate of drug-likeness (QED) is 0.686. The van der Waals surface area contributed by atoms with E-state index in [-0.39, 0.29) is 5.75 Å². The molecule has 0 saturated heterocycles. The van der Waals surface area contributed by atoms with Gasteiger partial charge in [0.15, 0.2) is 0 Å². The van der Waals surface area contributed by atoms with Crippen molar-refractivity contribution in [2.45, 2.75) is 59.3 Å². The molecule has 0 aliphatic rings. The van der Waals surface area contributed by atoms with Crippen molar-refractivity contribution in [3.63, 3.8) is 0 Å². The topological polar surface area (TPSA) is 46.2 Å². The van der Waals surface area contributed by atoms with Crippen molar-refractivity contribution < 1.29 is 8.42 Å². The molecule has 0 bridgehead atoms. The Bertz CT molecular complexity index is 509. The fourth-order valence-corrected chi connectivity index (χ4v) is 3.28. The summed E-state index contributed by atoms with van der Waals surface area (Å²) in [6.45, 7) is 6.18. The lowest BCUT2D eigenvalue weighted by Gasteiger charge is -2.09. The second-order valence-electron chi connectivity index (χ2n) is 5.49. The number of unbranched alkanes of at least 4 members (excludes halogenated alkanes) is 5. The van der Waals surface area contributed by atoms with Gasteiger partial charge in [0.05, 0.1) is 5.75 Å². The summed E-state index contributed by atoms with van der Waals surface area (Å²) >= 11 is 0. The smallest absolute Gasteiger partial charge is 0.232 e. The van der Waals surface area contributed by atoms with E-state index in [4.69, 9.17) is 0 Å². The molecule has 0 heterocycles. The molecule has 1 aromatic rings. The largest absolute Gasteiger partial charge is 0.284 e. The van der Waals surface area contributed by atoms with Gasteiger partial charge in [0, 0.05) is 5.69 Å². The SMILES string of the molecule is CCCCCCCCS(=O)(=O)Nc1ccc(C)c(C)c1. The van der Waals surface area contributed by atoms with Crippen molar-refractivity contribution in [1.29, 1.82) is 0 Å². The first-order valence-corrected chi connectivity index (χ1v) is 9.17. The van der Waals surface area contributed by atoms with E-state index in [2.05, 4.69) is 11.6 Å². The standard InChI is InChI=1S/C16H27NO2S/c1-4-5-6-7-8-9-12-20(18,19)17-16-11-10-14(2)15(3)13-16/h10-11,13,17H,4-9,12H2,1-3H3. The highest BCUT2D eigenvalue weighted by Crippen LogP contribution is 2.16. The minimum absolute atomic E-state index is 0.214. The molecule has 4 heteroatoms. The van der Waals surface area contributed by atoms with Gasteiger partial charge in [0.2, 0.25) is 10.0 Å². The molecule has 0 aliphatic carbocycles. The maximum absolute atomic E-state index is 12.0. The fraction of sp³-hybridized carbons (Fsp3) is 0.625. The van der Waals surface area contributed by atoms with E-state index in [1.165, 1.54) is 24.8 Å². The zero-order valence-electron chi connectivity index (χ0n) is 12.9. The van der Waals surface area contributed by atoms with Gasteiger partial charge >= 0.3 is 0 Å². The fourth-order valence-electron chi connectivity index (χ4n) is 2.11. The molecule has 0 atom stereocenters. The number of rotatable bonds is 9. The van der Waals surface area contributed by atoms with Crippen LogP contribution >= 0.6 is 0 Å². The number of nitrogens with one attached hydrogen (secondary N) is 1. The van der Waals surface area contributed by atoms with Crippen molar-refractivity contribution in [3.8, 4) is 0 Å². The van der Waals surface area contributed by atoms with Crippen LogP contribution in [0.4, 0.5) is 5.69 Å². The van der Waals surface area contributed by atoms with E-state index in [1.54, 1.807) is 0 Å². The van der Waals surface area contributed by atoms with E-state index < -0.39 is 10.0 Å². The second kappa shape index (κ2) is 8.30. The Morgan fingerprint density at radius 1 is 0.950 bits per heavy atom. The minimum atomic E-state index is -3.21. The Morgan fingerprint density at radius 3 is 2.25 bits per heavy atom. The van der Waals surface area contributed by atoms with Gasteiger partial charge in [-0.2, -0.15) is 0 Å². The first-order chi connectivity index (χ1) is 9.44. The number of hydrogen-bond acceptors (Lipinski definition) is 2. The molecule has 0 unspecified atom stereocenters. The average Bonchev–Trinajstić information content (AvgIpc) is 2.38. The van der Waals surface area contributed by atoms with E-state index in [1.807, 2.05) is 32.0 Å². The van der Waals surface area contributed by atoms with Crippen LogP contribution in [0.3, 0.4) is 0 Å². The highest BCUT2D eigenvalue weighted by Gasteiger charge is 2.10. The molecule has 0 aromatic heterocycles. The van der Waals surface area contributed by atoms with Gasteiger partial charge in [-0.15, -0.1) is 0 Å². The molecule has 1 aromatic carbocycles. The number of sulfonamides is 1. The normalized spacial score (nSPS) is 11.6. The Labute approximate surface area is 123 Å². The summed E-state index contributed by atoms with van der Waals surface area (Å²) in [7, 11) is -3.21. The summed E-state index contributed by atoms with van der Waals surface area (Å²) in [5.74, 6) is 0.214. The van der Waals surface area contributed by atoms with Crippen LogP contribution in [0.1, 0.15) is 56.6 Å². The van der Waals surface area contributed by atoms with E-state index in [0.29, 0.717) is 5.69 Å². The molecular weight excluding hydrogens is 270 g/mol. The van der Waals surface area contributed by atoms with Gasteiger partial charge in [-0.05, 0) is 43.5 Å².